The molecule has 0 saturated heterocycles. The molecule has 1 N–H and O–H groups in total. The van der Waals surface area contributed by atoms with Gasteiger partial charge in [-0.05, 0) is 59.1 Å². The first-order valence-electron chi connectivity index (χ1n) is 5.87. The van der Waals surface area contributed by atoms with Crippen LogP contribution in [-0.4, -0.2) is 0 Å². The lowest BCUT2D eigenvalue weighted by Gasteiger charge is -2.10. The summed E-state index contributed by atoms with van der Waals surface area (Å²) in [6, 6.07) is 8.59. The first-order chi connectivity index (χ1) is 8.60. The Hall–Kier alpha value is -0.320. The summed E-state index contributed by atoms with van der Waals surface area (Å²) in [5.74, 6) is 0. The molecule has 0 radical (unpaired) electrons. The van der Waals surface area contributed by atoms with Gasteiger partial charge >= 0.3 is 0 Å². The third-order valence-electron chi connectivity index (χ3n) is 2.81. The second kappa shape index (κ2) is 6.22. The summed E-state index contributed by atoms with van der Waals surface area (Å²) < 4.78 is 2.34. The van der Waals surface area contributed by atoms with Crippen LogP contribution < -0.4 is 5.32 Å². The highest BCUT2D eigenvalue weighted by Gasteiger charge is 2.05. The number of hydrogen-bond acceptors (Lipinski definition) is 2. The van der Waals surface area contributed by atoms with Crippen molar-refractivity contribution < 1.29 is 0 Å². The summed E-state index contributed by atoms with van der Waals surface area (Å²) in [6.45, 7) is 5.19. The van der Waals surface area contributed by atoms with E-state index in [2.05, 4.69) is 75.3 Å². The maximum absolute atomic E-state index is 3.56. The fourth-order valence-corrected chi connectivity index (χ4v) is 3.76. The molecule has 0 saturated carbocycles. The average molecular weight is 389 g/mol. The Kier molecular flexibility index (Phi) is 4.87. The number of hydrogen-bond donors (Lipinski definition) is 1. The number of rotatable bonds is 4. The number of anilines is 1. The molecule has 1 aromatic heterocycles. The highest BCUT2D eigenvalue weighted by atomic mass is 79.9. The number of benzene rings is 1. The van der Waals surface area contributed by atoms with E-state index >= 15 is 0 Å². The van der Waals surface area contributed by atoms with Crippen LogP contribution in [0.2, 0.25) is 0 Å². The largest absolute Gasteiger partial charge is 0.380 e. The van der Waals surface area contributed by atoms with Crippen LogP contribution in [0.1, 0.15) is 22.2 Å². The SMILES string of the molecule is CCc1cc(Br)ccc1NCc1cc(Br)c(C)s1. The zero-order valence-electron chi connectivity index (χ0n) is 10.4. The van der Waals surface area contributed by atoms with E-state index < -0.39 is 0 Å². The molecule has 0 atom stereocenters. The van der Waals surface area contributed by atoms with Crippen LogP contribution in [0.3, 0.4) is 0 Å². The van der Waals surface area contributed by atoms with Gasteiger partial charge in [0, 0.05) is 30.9 Å². The van der Waals surface area contributed by atoms with Crippen molar-refractivity contribution in [3.05, 3.63) is 48.5 Å². The number of aryl methyl sites for hydroxylation is 2. The Morgan fingerprint density at radius 2 is 2.00 bits per heavy atom. The Labute approximate surface area is 129 Å². The van der Waals surface area contributed by atoms with Gasteiger partial charge < -0.3 is 5.32 Å². The molecule has 1 aromatic carbocycles. The van der Waals surface area contributed by atoms with E-state index in [4.69, 9.17) is 0 Å². The van der Waals surface area contributed by atoms with Gasteiger partial charge in [-0.25, -0.2) is 0 Å². The third kappa shape index (κ3) is 3.37. The predicted molar refractivity (Wildman–Crippen MR) is 87.6 cm³/mol. The van der Waals surface area contributed by atoms with Crippen LogP contribution in [0.25, 0.3) is 0 Å². The predicted octanol–water partition coefficient (Wildman–Crippen LogP) is 5.76. The Bertz CT molecular complexity index is 529. The van der Waals surface area contributed by atoms with E-state index in [0.29, 0.717) is 0 Å². The van der Waals surface area contributed by atoms with Gasteiger partial charge in [0.2, 0.25) is 0 Å². The van der Waals surface area contributed by atoms with Gasteiger partial charge in [-0.2, -0.15) is 0 Å². The molecule has 1 heterocycles. The van der Waals surface area contributed by atoms with E-state index in [9.17, 15) is 0 Å². The summed E-state index contributed by atoms with van der Waals surface area (Å²) >= 11 is 8.90. The number of thiophene rings is 1. The minimum Gasteiger partial charge on any atom is -0.380 e. The summed E-state index contributed by atoms with van der Waals surface area (Å²) in [6.07, 6.45) is 1.04. The van der Waals surface area contributed by atoms with Gasteiger partial charge in [0.1, 0.15) is 0 Å². The summed E-state index contributed by atoms with van der Waals surface area (Å²) in [5, 5.41) is 3.52. The maximum atomic E-state index is 3.56. The molecule has 0 amide bonds. The van der Waals surface area contributed by atoms with Gasteiger partial charge in [0.05, 0.1) is 0 Å². The molecule has 2 rings (SSSR count). The smallest absolute Gasteiger partial charge is 0.0494 e. The lowest BCUT2D eigenvalue weighted by molar-refractivity contribution is 1.10. The van der Waals surface area contributed by atoms with Crippen molar-refractivity contribution in [3.8, 4) is 0 Å². The topological polar surface area (TPSA) is 12.0 Å². The zero-order valence-corrected chi connectivity index (χ0v) is 14.4. The van der Waals surface area contributed by atoms with Gasteiger partial charge in [-0.1, -0.05) is 22.9 Å². The van der Waals surface area contributed by atoms with Crippen LogP contribution in [0.15, 0.2) is 33.2 Å². The summed E-state index contributed by atoms with van der Waals surface area (Å²) in [4.78, 5) is 2.68. The van der Waals surface area contributed by atoms with Crippen LogP contribution in [0.4, 0.5) is 5.69 Å². The monoisotopic (exact) mass is 387 g/mol. The Morgan fingerprint density at radius 3 is 2.61 bits per heavy atom. The van der Waals surface area contributed by atoms with Crippen LogP contribution in [0, 0.1) is 6.92 Å². The fraction of sp³-hybridized carbons (Fsp3) is 0.286. The summed E-state index contributed by atoms with van der Waals surface area (Å²) in [7, 11) is 0. The van der Waals surface area contributed by atoms with Gasteiger partial charge in [0.15, 0.2) is 0 Å². The van der Waals surface area contributed by atoms with Crippen molar-refractivity contribution in [3.63, 3.8) is 0 Å². The van der Waals surface area contributed by atoms with Gasteiger partial charge in [-0.3, -0.25) is 0 Å². The standard InChI is InChI=1S/C14H15Br2NS/c1-3-10-6-11(15)4-5-14(10)17-8-12-7-13(16)9(2)18-12/h4-7,17H,3,8H2,1-2H3. The average Bonchev–Trinajstić information content (AvgIpc) is 2.67. The molecule has 18 heavy (non-hydrogen) atoms. The lowest BCUT2D eigenvalue weighted by atomic mass is 10.1. The minimum absolute atomic E-state index is 0.881. The van der Waals surface area contributed by atoms with Crippen molar-refractivity contribution in [1.29, 1.82) is 0 Å². The summed E-state index contributed by atoms with van der Waals surface area (Å²) in [5.41, 5.74) is 2.57. The Balaban J connectivity index is 2.10. The molecular formula is C14H15Br2NS. The molecule has 4 heteroatoms. The molecule has 2 aromatic rings. The minimum atomic E-state index is 0.881. The molecule has 1 nitrogen and oxygen atoms in total. The van der Waals surface area contributed by atoms with Crippen molar-refractivity contribution in [2.45, 2.75) is 26.8 Å². The van der Waals surface area contributed by atoms with Crippen LogP contribution >= 0.6 is 43.2 Å². The van der Waals surface area contributed by atoms with Crippen molar-refractivity contribution in [2.24, 2.45) is 0 Å². The molecular weight excluding hydrogens is 374 g/mol. The van der Waals surface area contributed by atoms with Gasteiger partial charge in [0.25, 0.3) is 0 Å². The maximum Gasteiger partial charge on any atom is 0.0494 e. The molecule has 0 aliphatic carbocycles. The molecule has 0 unspecified atom stereocenters. The highest BCUT2D eigenvalue weighted by Crippen LogP contribution is 2.28. The van der Waals surface area contributed by atoms with Crippen LogP contribution in [0.5, 0.6) is 0 Å². The number of halogens is 2. The second-order valence-electron chi connectivity index (χ2n) is 4.13. The first kappa shape index (κ1) is 14.1. The van der Waals surface area contributed by atoms with E-state index in [1.807, 2.05) is 11.3 Å². The highest BCUT2D eigenvalue weighted by molar-refractivity contribution is 9.10. The molecule has 0 bridgehead atoms. The van der Waals surface area contributed by atoms with Gasteiger partial charge in [-0.15, -0.1) is 11.3 Å². The van der Waals surface area contributed by atoms with Crippen molar-refractivity contribution >= 4 is 48.9 Å². The quantitative estimate of drug-likeness (QED) is 0.702. The van der Waals surface area contributed by atoms with E-state index in [-0.39, 0.29) is 0 Å². The normalized spacial score (nSPS) is 10.7. The van der Waals surface area contributed by atoms with E-state index in [1.165, 1.54) is 25.5 Å². The third-order valence-corrected chi connectivity index (χ3v) is 5.44. The first-order valence-corrected chi connectivity index (χ1v) is 8.27. The molecule has 96 valence electrons. The van der Waals surface area contributed by atoms with E-state index in [0.717, 1.165) is 17.4 Å². The van der Waals surface area contributed by atoms with Crippen molar-refractivity contribution in [1.82, 2.24) is 0 Å². The van der Waals surface area contributed by atoms with E-state index in [1.54, 1.807) is 0 Å². The molecule has 0 aliphatic rings. The molecule has 0 fully saturated rings. The molecule has 0 spiro atoms. The van der Waals surface area contributed by atoms with Crippen molar-refractivity contribution in [2.75, 3.05) is 5.32 Å². The Morgan fingerprint density at radius 1 is 1.22 bits per heavy atom. The number of nitrogens with one attached hydrogen (secondary N) is 1. The second-order valence-corrected chi connectivity index (χ2v) is 7.24. The molecule has 0 aliphatic heterocycles. The fourth-order valence-electron chi connectivity index (χ4n) is 1.81. The lowest BCUT2D eigenvalue weighted by Crippen LogP contribution is -2.00. The van der Waals surface area contributed by atoms with Crippen LogP contribution in [-0.2, 0) is 13.0 Å². The zero-order chi connectivity index (χ0) is 13.1.